The first kappa shape index (κ1) is 41.1. The van der Waals surface area contributed by atoms with Crippen LogP contribution < -0.4 is 16.8 Å². The lowest BCUT2D eigenvalue weighted by Gasteiger charge is -2.16. The minimum Gasteiger partial charge on any atom is -0.400 e. The van der Waals surface area contributed by atoms with Crippen molar-refractivity contribution in [3.63, 3.8) is 0 Å². The van der Waals surface area contributed by atoms with Crippen molar-refractivity contribution in [1.29, 1.82) is 0 Å². The topological polar surface area (TPSA) is 310 Å². The van der Waals surface area contributed by atoms with Crippen LogP contribution in [-0.2, 0) is 9.47 Å². The molecule has 8 atom stereocenters. The summed E-state index contributed by atoms with van der Waals surface area (Å²) in [5.74, 6) is 0.142. The van der Waals surface area contributed by atoms with Gasteiger partial charge in [-0.1, -0.05) is 18.2 Å². The smallest absolute Gasteiger partial charge is 0.389 e. The van der Waals surface area contributed by atoms with E-state index in [1.165, 1.54) is 28.7 Å². The molecule has 1 aromatic carbocycles. The molecule has 0 radical (unpaired) electrons. The molecular formula is C33H39N11O10. The van der Waals surface area contributed by atoms with Crippen molar-refractivity contribution in [2.24, 2.45) is 5.73 Å². The van der Waals surface area contributed by atoms with Gasteiger partial charge in [-0.3, -0.25) is 24.0 Å². The van der Waals surface area contributed by atoms with E-state index in [0.717, 1.165) is 7.11 Å². The number of carbonyl (C=O) groups excluding carboxylic acids is 1. The summed E-state index contributed by atoms with van der Waals surface area (Å²) in [5.41, 5.74) is 8.54. The average Bonchev–Trinajstić information content (AvgIpc) is 3.97. The summed E-state index contributed by atoms with van der Waals surface area (Å²) in [6.45, 7) is 12.8. The number of rotatable bonds is 6. The summed E-state index contributed by atoms with van der Waals surface area (Å²) < 4.78 is 13.8. The zero-order chi connectivity index (χ0) is 39.8. The molecule has 0 spiro atoms. The lowest BCUT2D eigenvalue weighted by molar-refractivity contribution is -0.0819. The predicted octanol–water partition coefficient (Wildman–Crippen LogP) is -1.72. The molecule has 6 heterocycles. The van der Waals surface area contributed by atoms with Crippen LogP contribution in [0.2, 0.25) is 0 Å². The fourth-order valence-corrected chi connectivity index (χ4v) is 5.79. The van der Waals surface area contributed by atoms with Gasteiger partial charge in [-0.15, -0.1) is 0 Å². The molecule has 12 N–H and O–H groups in total. The van der Waals surface area contributed by atoms with Gasteiger partial charge in [0.05, 0.1) is 11.4 Å². The average molecular weight is 750 g/mol. The quantitative estimate of drug-likeness (QED) is 0.0863. The third-order valence-electron chi connectivity index (χ3n) is 8.53. The summed E-state index contributed by atoms with van der Waals surface area (Å²) >= 11 is 0. The molecule has 2 fully saturated rings. The Morgan fingerprint density at radius 3 is 1.72 bits per heavy atom. The normalized spacial score (nSPS) is 27.0. The SMILES string of the molecule is CN.CO.[C-]#[N+]C1(CO)O[C@@H](c2ccc3c(NC(=O)c4ccccc4)ncnn23)[C@H](O)[C@@H]1O.[C-]#[N+][C@]1(CO)O[C@@H](c2ccc3c(N)ncnn23)[C@H](O)[C@@H]1O. The number of hydrogen-bond donors (Lipinski definition) is 10. The Labute approximate surface area is 306 Å². The van der Waals surface area contributed by atoms with Gasteiger partial charge in [-0.2, -0.15) is 10.2 Å². The number of nitrogens with zero attached hydrogens (tertiary/aromatic N) is 8. The Kier molecular flexibility index (Phi) is 13.3. The van der Waals surface area contributed by atoms with Crippen LogP contribution in [0.15, 0.2) is 67.3 Å². The lowest BCUT2D eigenvalue weighted by Crippen LogP contribution is -2.43. The number of nitrogens with two attached hydrogens (primary N) is 2. The van der Waals surface area contributed by atoms with Crippen LogP contribution in [0.5, 0.6) is 0 Å². The van der Waals surface area contributed by atoms with E-state index < -0.39 is 61.3 Å². The van der Waals surface area contributed by atoms with Crippen LogP contribution in [-0.4, -0.2) is 134 Å². The number of hydrogen-bond acceptors (Lipinski definition) is 16. The number of benzene rings is 1. The maximum atomic E-state index is 12.4. The first-order valence-electron chi connectivity index (χ1n) is 15.9. The zero-order valence-corrected chi connectivity index (χ0v) is 28.8. The van der Waals surface area contributed by atoms with Crippen molar-refractivity contribution in [3.05, 3.63) is 107 Å². The molecule has 2 aliphatic heterocycles. The van der Waals surface area contributed by atoms with E-state index in [4.69, 9.17) is 33.5 Å². The second-order valence-electron chi connectivity index (χ2n) is 11.4. The predicted molar refractivity (Wildman–Crippen MR) is 188 cm³/mol. The number of nitrogens with one attached hydrogen (secondary N) is 1. The Hall–Kier alpha value is -5.69. The summed E-state index contributed by atoms with van der Waals surface area (Å²) in [4.78, 5) is 26.7. The molecular weight excluding hydrogens is 710 g/mol. The van der Waals surface area contributed by atoms with Crippen LogP contribution in [0.1, 0.15) is 34.0 Å². The van der Waals surface area contributed by atoms with E-state index in [1.54, 1.807) is 54.6 Å². The molecule has 21 heteroatoms. The summed E-state index contributed by atoms with van der Waals surface area (Å²) in [5, 5.41) is 77.4. The van der Waals surface area contributed by atoms with Crippen LogP contribution in [0, 0.1) is 13.1 Å². The fraction of sp³-hybridized carbons (Fsp3) is 0.364. The molecule has 0 saturated carbocycles. The Morgan fingerprint density at radius 1 is 0.796 bits per heavy atom. The van der Waals surface area contributed by atoms with E-state index >= 15 is 0 Å². The van der Waals surface area contributed by atoms with E-state index in [1.807, 2.05) is 0 Å². The van der Waals surface area contributed by atoms with E-state index in [2.05, 4.69) is 40.9 Å². The standard InChI is InChI=1S/C19H17N5O5.C12H13N5O4.CH5N.CH4O/c1-20-19(9-25)16(27)14(26)15(29-19)12-7-8-13-17(21-10-22-24(12)13)23-18(28)11-5-3-2-4-6-11;1-14-12(4-18)10(20)8(19)9(21-12)6-2-3-7-11(13)15-5-16-17(6)7;2*1-2/h2-8,10,14-16,25-27H,9H2,(H,21,22,23,28);2-3,5,8-10,18-20H,4H2,(H2,13,15,16);2H2,1H3;2H,1H3/t14-,15-,16-,19?;8-,9-,10-,12+;;/m00../s1. The first-order chi connectivity index (χ1) is 26.0. The molecule has 2 saturated heterocycles. The summed E-state index contributed by atoms with van der Waals surface area (Å²) in [7, 11) is 2.50. The first-order valence-corrected chi connectivity index (χ1v) is 15.9. The monoisotopic (exact) mass is 749 g/mol. The molecule has 1 amide bonds. The highest BCUT2D eigenvalue weighted by molar-refractivity contribution is 6.05. The third kappa shape index (κ3) is 7.28. The molecule has 1 unspecified atom stereocenters. The van der Waals surface area contributed by atoms with Gasteiger partial charge in [0.1, 0.15) is 48.1 Å². The fourth-order valence-electron chi connectivity index (χ4n) is 5.79. The van der Waals surface area contributed by atoms with Gasteiger partial charge < -0.3 is 52.5 Å². The van der Waals surface area contributed by atoms with E-state index in [9.17, 15) is 35.4 Å². The zero-order valence-electron chi connectivity index (χ0n) is 28.8. The van der Waals surface area contributed by atoms with Crippen molar-refractivity contribution in [2.45, 2.75) is 48.1 Å². The van der Waals surface area contributed by atoms with Crippen molar-refractivity contribution >= 4 is 28.6 Å². The highest BCUT2D eigenvalue weighted by Crippen LogP contribution is 2.42. The van der Waals surface area contributed by atoms with Crippen LogP contribution in [0.25, 0.3) is 20.7 Å². The van der Waals surface area contributed by atoms with Gasteiger partial charge in [0.15, 0.2) is 37.1 Å². The number of aromatic nitrogens is 6. The van der Waals surface area contributed by atoms with Crippen molar-refractivity contribution in [1.82, 2.24) is 29.2 Å². The highest BCUT2D eigenvalue weighted by Gasteiger charge is 2.62. The largest absolute Gasteiger partial charge is 0.400 e. The number of anilines is 2. The number of amides is 1. The molecule has 0 aliphatic carbocycles. The summed E-state index contributed by atoms with van der Waals surface area (Å²) in [6.07, 6.45) is -5.61. The maximum absolute atomic E-state index is 12.4. The number of carbonyl (C=O) groups is 1. The molecule has 0 bridgehead atoms. The number of aliphatic hydroxyl groups is 7. The molecule has 2 aliphatic rings. The van der Waals surface area contributed by atoms with Crippen molar-refractivity contribution in [2.75, 3.05) is 38.4 Å². The molecule has 5 aromatic rings. The number of nitrogen functional groups attached to an aromatic ring is 1. The molecule has 21 nitrogen and oxygen atoms in total. The summed E-state index contributed by atoms with van der Waals surface area (Å²) in [6, 6.07) is 15.1. The molecule has 286 valence electrons. The van der Waals surface area contributed by atoms with E-state index in [0.29, 0.717) is 28.0 Å². The third-order valence-corrected chi connectivity index (χ3v) is 8.53. The van der Waals surface area contributed by atoms with Gasteiger partial charge in [0.2, 0.25) is 0 Å². The molecule has 4 aromatic heterocycles. The van der Waals surface area contributed by atoms with E-state index in [-0.39, 0.29) is 17.5 Å². The van der Waals surface area contributed by atoms with Gasteiger partial charge in [-0.05, 0) is 43.4 Å². The number of aliphatic hydroxyl groups excluding tert-OH is 7. The highest BCUT2D eigenvalue weighted by atomic mass is 16.6. The van der Waals surface area contributed by atoms with Gasteiger partial charge in [0, 0.05) is 12.7 Å². The Morgan fingerprint density at radius 2 is 1.26 bits per heavy atom. The maximum Gasteiger partial charge on any atom is 0.389 e. The second kappa shape index (κ2) is 17.4. The molecule has 7 rings (SSSR count). The lowest BCUT2D eigenvalue weighted by atomic mass is 10.0. The minimum atomic E-state index is -1.95. The van der Waals surface area contributed by atoms with Crippen LogP contribution in [0.3, 0.4) is 0 Å². The second-order valence-corrected chi connectivity index (χ2v) is 11.4. The van der Waals surface area contributed by atoms with Gasteiger partial charge in [-0.25, -0.2) is 32.1 Å². The van der Waals surface area contributed by atoms with Crippen molar-refractivity contribution in [3.8, 4) is 0 Å². The van der Waals surface area contributed by atoms with Crippen LogP contribution in [0.4, 0.5) is 11.6 Å². The number of ether oxygens (including phenoxy) is 2. The number of fused-ring (bicyclic) bond motifs is 2. The van der Waals surface area contributed by atoms with Gasteiger partial charge >= 0.3 is 11.4 Å². The van der Waals surface area contributed by atoms with Crippen molar-refractivity contribution < 1.29 is 50.0 Å². The Balaban J connectivity index is 0.000000230. The van der Waals surface area contributed by atoms with Crippen LogP contribution >= 0.6 is 0 Å². The van der Waals surface area contributed by atoms with Gasteiger partial charge in [0.25, 0.3) is 5.91 Å². The Bertz CT molecular complexity index is 2120. The minimum absolute atomic E-state index is 0.242. The molecule has 54 heavy (non-hydrogen) atoms.